The van der Waals surface area contributed by atoms with E-state index in [9.17, 15) is 5.11 Å². The number of phenols is 1. The summed E-state index contributed by atoms with van der Waals surface area (Å²) in [5.74, 6) is 1.89. The first-order valence-corrected chi connectivity index (χ1v) is 8.49. The second kappa shape index (κ2) is 9.57. The van der Waals surface area contributed by atoms with Gasteiger partial charge in [-0.2, -0.15) is 0 Å². The van der Waals surface area contributed by atoms with Crippen molar-refractivity contribution in [2.24, 2.45) is 4.99 Å². The Labute approximate surface area is 148 Å². The molecule has 0 unspecified atom stereocenters. The Morgan fingerprint density at radius 3 is 2.36 bits per heavy atom. The zero-order valence-corrected chi connectivity index (χ0v) is 15.0. The highest BCUT2D eigenvalue weighted by atomic mass is 16.5. The van der Waals surface area contributed by atoms with E-state index in [1.54, 1.807) is 24.4 Å². The zero-order valence-electron chi connectivity index (χ0n) is 15.0. The molecule has 0 radical (unpaired) electrons. The number of para-hydroxylation sites is 1. The molecule has 0 spiro atoms. The van der Waals surface area contributed by atoms with Gasteiger partial charge in [0, 0.05) is 17.8 Å². The van der Waals surface area contributed by atoms with Crippen molar-refractivity contribution in [2.45, 2.75) is 26.7 Å². The third kappa shape index (κ3) is 5.14. The van der Waals surface area contributed by atoms with Gasteiger partial charge in [-0.3, -0.25) is 4.99 Å². The number of hydrogen-bond donors (Lipinski definition) is 1. The van der Waals surface area contributed by atoms with Gasteiger partial charge in [0.2, 0.25) is 0 Å². The van der Waals surface area contributed by atoms with Gasteiger partial charge in [0.05, 0.1) is 26.0 Å². The fourth-order valence-electron chi connectivity index (χ4n) is 2.19. The van der Waals surface area contributed by atoms with Crippen molar-refractivity contribution in [2.75, 3.05) is 20.3 Å². The van der Waals surface area contributed by atoms with Gasteiger partial charge in [-0.1, -0.05) is 19.9 Å². The van der Waals surface area contributed by atoms with Crippen LogP contribution in [0.4, 0.5) is 5.69 Å². The molecule has 0 atom stereocenters. The van der Waals surface area contributed by atoms with Crippen molar-refractivity contribution in [3.63, 3.8) is 0 Å². The van der Waals surface area contributed by atoms with E-state index in [0.29, 0.717) is 30.3 Å². The molecule has 0 aromatic heterocycles. The Bertz CT molecular complexity index is 713. The Morgan fingerprint density at radius 2 is 1.68 bits per heavy atom. The lowest BCUT2D eigenvalue weighted by molar-refractivity contribution is 0.268. The lowest BCUT2D eigenvalue weighted by Gasteiger charge is -2.12. The summed E-state index contributed by atoms with van der Waals surface area (Å²) in [5.41, 5.74) is 1.30. The molecular formula is C20H25NO4. The topological polar surface area (TPSA) is 60.3 Å². The highest BCUT2D eigenvalue weighted by Gasteiger charge is 2.08. The fraction of sp³-hybridized carbons (Fsp3) is 0.350. The quantitative estimate of drug-likeness (QED) is 0.669. The monoisotopic (exact) mass is 343 g/mol. The summed E-state index contributed by atoms with van der Waals surface area (Å²) < 4.78 is 16.6. The van der Waals surface area contributed by atoms with Crippen LogP contribution in [-0.4, -0.2) is 31.6 Å². The van der Waals surface area contributed by atoms with Crippen molar-refractivity contribution in [1.29, 1.82) is 0 Å². The van der Waals surface area contributed by atoms with E-state index in [1.165, 1.54) is 7.11 Å². The summed E-state index contributed by atoms with van der Waals surface area (Å²) in [5, 5.41) is 10.1. The maximum Gasteiger partial charge on any atom is 0.166 e. The summed E-state index contributed by atoms with van der Waals surface area (Å²) in [7, 11) is 1.52. The van der Waals surface area contributed by atoms with Crippen molar-refractivity contribution in [3.8, 4) is 23.0 Å². The number of aliphatic imine (C=N–C) groups is 1. The van der Waals surface area contributed by atoms with E-state index in [-0.39, 0.29) is 5.75 Å². The number of benzene rings is 2. The molecule has 25 heavy (non-hydrogen) atoms. The van der Waals surface area contributed by atoms with Crippen LogP contribution >= 0.6 is 0 Å². The average molecular weight is 343 g/mol. The minimum Gasteiger partial charge on any atom is -0.504 e. The van der Waals surface area contributed by atoms with E-state index < -0.39 is 0 Å². The second-order valence-electron chi connectivity index (χ2n) is 5.48. The predicted molar refractivity (Wildman–Crippen MR) is 99.9 cm³/mol. The van der Waals surface area contributed by atoms with Crippen LogP contribution in [0, 0.1) is 0 Å². The average Bonchev–Trinajstić information content (AvgIpc) is 2.64. The summed E-state index contributed by atoms with van der Waals surface area (Å²) in [6.07, 6.45) is 3.45. The van der Waals surface area contributed by atoms with E-state index in [2.05, 4.69) is 18.8 Å². The van der Waals surface area contributed by atoms with Crippen LogP contribution in [-0.2, 0) is 0 Å². The summed E-state index contributed by atoms with van der Waals surface area (Å²) >= 11 is 0. The molecule has 1 N–H and O–H groups in total. The summed E-state index contributed by atoms with van der Waals surface area (Å²) in [6.45, 7) is 5.38. The van der Waals surface area contributed by atoms with Crippen LogP contribution in [0.15, 0.2) is 41.4 Å². The summed E-state index contributed by atoms with van der Waals surface area (Å²) in [6, 6.07) is 10.8. The van der Waals surface area contributed by atoms with Crippen molar-refractivity contribution >= 4 is 11.9 Å². The molecule has 2 aromatic carbocycles. The molecule has 2 rings (SSSR count). The van der Waals surface area contributed by atoms with Gasteiger partial charge in [0.15, 0.2) is 23.0 Å². The van der Waals surface area contributed by atoms with E-state index in [0.717, 1.165) is 24.3 Å². The molecular weight excluding hydrogens is 318 g/mol. The molecule has 0 amide bonds. The Hall–Kier alpha value is -2.69. The smallest absolute Gasteiger partial charge is 0.166 e. The highest BCUT2D eigenvalue weighted by molar-refractivity contribution is 5.86. The van der Waals surface area contributed by atoms with E-state index in [1.807, 2.05) is 18.2 Å². The molecule has 0 aliphatic rings. The van der Waals surface area contributed by atoms with E-state index in [4.69, 9.17) is 14.2 Å². The first-order chi connectivity index (χ1) is 12.2. The van der Waals surface area contributed by atoms with Crippen LogP contribution in [0.5, 0.6) is 23.0 Å². The van der Waals surface area contributed by atoms with Crippen LogP contribution in [0.2, 0.25) is 0 Å². The second-order valence-corrected chi connectivity index (χ2v) is 5.48. The van der Waals surface area contributed by atoms with Gasteiger partial charge in [-0.25, -0.2) is 0 Å². The number of ether oxygens (including phenoxy) is 3. The molecule has 2 aromatic rings. The van der Waals surface area contributed by atoms with Gasteiger partial charge >= 0.3 is 0 Å². The molecule has 0 aliphatic heterocycles. The fourth-order valence-corrected chi connectivity index (χ4v) is 2.19. The highest BCUT2D eigenvalue weighted by Crippen LogP contribution is 2.33. The number of aromatic hydroxyl groups is 1. The number of phenolic OH excluding ortho intramolecular Hbond substituents is 1. The lowest BCUT2D eigenvalue weighted by Crippen LogP contribution is -2.00. The van der Waals surface area contributed by atoms with Crippen molar-refractivity contribution in [1.82, 2.24) is 0 Å². The minimum atomic E-state index is 0.0686. The molecule has 134 valence electrons. The molecule has 0 saturated carbocycles. The van der Waals surface area contributed by atoms with Gasteiger partial charge < -0.3 is 19.3 Å². The summed E-state index contributed by atoms with van der Waals surface area (Å²) in [4.78, 5) is 4.43. The largest absolute Gasteiger partial charge is 0.504 e. The van der Waals surface area contributed by atoms with Gasteiger partial charge in [-0.05, 0) is 37.1 Å². The minimum absolute atomic E-state index is 0.0686. The lowest BCUT2D eigenvalue weighted by atomic mass is 10.2. The molecule has 0 bridgehead atoms. The standard InChI is InChI=1S/C20H25NO4/c1-4-11-24-17-10-9-16(13-19(17)25-12-5-2)21-14-15-7-6-8-18(23-3)20(15)22/h6-10,13-14,22H,4-5,11-12H2,1-3H3. The molecule has 5 nitrogen and oxygen atoms in total. The van der Waals surface area contributed by atoms with Crippen LogP contribution in [0.3, 0.4) is 0 Å². The third-order valence-electron chi connectivity index (χ3n) is 3.45. The van der Waals surface area contributed by atoms with Crippen molar-refractivity contribution in [3.05, 3.63) is 42.0 Å². The SMILES string of the molecule is CCCOc1ccc(N=Cc2cccc(OC)c2O)cc1OCCC. The first-order valence-electron chi connectivity index (χ1n) is 8.49. The van der Waals surface area contributed by atoms with Gasteiger partial charge in [-0.15, -0.1) is 0 Å². The van der Waals surface area contributed by atoms with E-state index >= 15 is 0 Å². The third-order valence-corrected chi connectivity index (χ3v) is 3.45. The Kier molecular flexibility index (Phi) is 7.14. The Balaban J connectivity index is 2.24. The van der Waals surface area contributed by atoms with Gasteiger partial charge in [0.1, 0.15) is 0 Å². The van der Waals surface area contributed by atoms with Gasteiger partial charge in [0.25, 0.3) is 0 Å². The molecule has 0 heterocycles. The van der Waals surface area contributed by atoms with Crippen LogP contribution < -0.4 is 14.2 Å². The number of hydrogen-bond acceptors (Lipinski definition) is 5. The number of rotatable bonds is 9. The number of methoxy groups -OCH3 is 1. The maximum atomic E-state index is 10.1. The molecule has 0 saturated heterocycles. The zero-order chi connectivity index (χ0) is 18.1. The van der Waals surface area contributed by atoms with Crippen LogP contribution in [0.25, 0.3) is 0 Å². The maximum absolute atomic E-state index is 10.1. The Morgan fingerprint density at radius 1 is 0.960 bits per heavy atom. The normalized spacial score (nSPS) is 10.8. The van der Waals surface area contributed by atoms with Crippen molar-refractivity contribution < 1.29 is 19.3 Å². The number of nitrogens with zero attached hydrogens (tertiary/aromatic N) is 1. The first kappa shape index (κ1) is 18.6. The van der Waals surface area contributed by atoms with Crippen LogP contribution in [0.1, 0.15) is 32.3 Å². The molecule has 5 heteroatoms. The predicted octanol–water partition coefficient (Wildman–Crippen LogP) is 4.73. The molecule has 0 aliphatic carbocycles. The molecule has 0 fully saturated rings.